The fraction of sp³-hybridized carbons (Fsp3) is 0.909. The number of rotatable bonds is 5. The lowest BCUT2D eigenvalue weighted by atomic mass is 10.1. The third kappa shape index (κ3) is 3.11. The van der Waals surface area contributed by atoms with Gasteiger partial charge in [-0.1, -0.05) is 13.8 Å². The zero-order valence-electron chi connectivity index (χ0n) is 10.1. The molecule has 0 bridgehead atoms. The van der Waals surface area contributed by atoms with Crippen LogP contribution < -0.4 is 5.32 Å². The van der Waals surface area contributed by atoms with E-state index in [0.717, 1.165) is 18.7 Å². The van der Waals surface area contributed by atoms with Gasteiger partial charge in [-0.3, -0.25) is 10.1 Å². The largest absolute Gasteiger partial charge is 0.326 e. The lowest BCUT2D eigenvalue weighted by Crippen LogP contribution is -2.42. The van der Waals surface area contributed by atoms with Crippen LogP contribution in [0.3, 0.4) is 0 Å². The molecule has 0 aromatic rings. The molecule has 15 heavy (non-hydrogen) atoms. The van der Waals surface area contributed by atoms with Crippen molar-refractivity contribution in [1.82, 2.24) is 10.2 Å². The highest BCUT2D eigenvalue weighted by Gasteiger charge is 2.36. The first kappa shape index (κ1) is 12.8. The van der Waals surface area contributed by atoms with Crippen molar-refractivity contribution in [3.05, 3.63) is 0 Å². The molecule has 1 rings (SSSR count). The fourth-order valence-electron chi connectivity index (χ4n) is 1.98. The molecule has 0 spiro atoms. The number of hydrogen-bond donors (Lipinski definition) is 1. The standard InChI is InChI=1S/C11H22N2OS/c1-8(2)10-12-9(3)11(14)13(10)6-5-7-15-4/h8-10,12H,5-7H2,1-4H3. The van der Waals surface area contributed by atoms with Gasteiger partial charge in [-0.05, 0) is 31.3 Å². The molecule has 2 unspecified atom stereocenters. The van der Waals surface area contributed by atoms with Crippen molar-refractivity contribution in [2.75, 3.05) is 18.6 Å². The van der Waals surface area contributed by atoms with Crippen LogP contribution in [-0.4, -0.2) is 41.6 Å². The van der Waals surface area contributed by atoms with E-state index in [4.69, 9.17) is 0 Å². The molecule has 3 nitrogen and oxygen atoms in total. The molecule has 1 N–H and O–H groups in total. The highest BCUT2D eigenvalue weighted by Crippen LogP contribution is 2.17. The number of amides is 1. The van der Waals surface area contributed by atoms with Crippen LogP contribution >= 0.6 is 11.8 Å². The Hall–Kier alpha value is -0.220. The number of nitrogens with one attached hydrogen (secondary N) is 1. The molecule has 1 saturated heterocycles. The Labute approximate surface area is 97.0 Å². The molecule has 0 aromatic heterocycles. The number of carbonyl (C=O) groups is 1. The van der Waals surface area contributed by atoms with Gasteiger partial charge in [0, 0.05) is 6.54 Å². The summed E-state index contributed by atoms with van der Waals surface area (Å²) < 4.78 is 0. The van der Waals surface area contributed by atoms with Gasteiger partial charge in [0.2, 0.25) is 5.91 Å². The Balaban J connectivity index is 2.53. The van der Waals surface area contributed by atoms with Crippen LogP contribution in [0.25, 0.3) is 0 Å². The summed E-state index contributed by atoms with van der Waals surface area (Å²) in [6.07, 6.45) is 3.42. The predicted molar refractivity (Wildman–Crippen MR) is 65.9 cm³/mol. The lowest BCUT2D eigenvalue weighted by molar-refractivity contribution is -0.130. The van der Waals surface area contributed by atoms with Gasteiger partial charge >= 0.3 is 0 Å². The van der Waals surface area contributed by atoms with Crippen LogP contribution in [0.2, 0.25) is 0 Å². The van der Waals surface area contributed by atoms with Crippen molar-refractivity contribution in [3.63, 3.8) is 0 Å². The van der Waals surface area contributed by atoms with Gasteiger partial charge in [0.25, 0.3) is 0 Å². The van der Waals surface area contributed by atoms with Crippen molar-refractivity contribution in [1.29, 1.82) is 0 Å². The summed E-state index contributed by atoms with van der Waals surface area (Å²) in [4.78, 5) is 13.9. The summed E-state index contributed by atoms with van der Waals surface area (Å²) in [6, 6.07) is -0.00770. The average molecular weight is 230 g/mol. The third-order valence-corrected chi connectivity index (χ3v) is 3.49. The first-order valence-electron chi connectivity index (χ1n) is 5.63. The molecule has 2 atom stereocenters. The number of hydrogen-bond acceptors (Lipinski definition) is 3. The highest BCUT2D eigenvalue weighted by molar-refractivity contribution is 7.98. The maximum absolute atomic E-state index is 11.9. The van der Waals surface area contributed by atoms with Gasteiger partial charge in [-0.15, -0.1) is 0 Å². The number of carbonyl (C=O) groups excluding carboxylic acids is 1. The second-order valence-electron chi connectivity index (χ2n) is 4.46. The molecule has 0 aliphatic carbocycles. The van der Waals surface area contributed by atoms with E-state index < -0.39 is 0 Å². The van der Waals surface area contributed by atoms with Crippen molar-refractivity contribution in [2.24, 2.45) is 5.92 Å². The summed E-state index contributed by atoms with van der Waals surface area (Å²) in [5.74, 6) is 1.87. The molecular formula is C11H22N2OS. The van der Waals surface area contributed by atoms with E-state index in [1.54, 1.807) is 0 Å². The lowest BCUT2D eigenvalue weighted by Gasteiger charge is -2.27. The van der Waals surface area contributed by atoms with Crippen LogP contribution in [0.4, 0.5) is 0 Å². The zero-order chi connectivity index (χ0) is 11.4. The smallest absolute Gasteiger partial charge is 0.240 e. The Kier molecular flexibility index (Phi) is 4.93. The second-order valence-corrected chi connectivity index (χ2v) is 5.44. The summed E-state index contributed by atoms with van der Waals surface area (Å²) >= 11 is 1.84. The molecule has 88 valence electrons. The van der Waals surface area contributed by atoms with Crippen molar-refractivity contribution >= 4 is 17.7 Å². The molecule has 4 heteroatoms. The zero-order valence-corrected chi connectivity index (χ0v) is 10.9. The van der Waals surface area contributed by atoms with Crippen LogP contribution in [0, 0.1) is 5.92 Å². The van der Waals surface area contributed by atoms with E-state index in [-0.39, 0.29) is 18.1 Å². The Morgan fingerprint density at radius 1 is 1.53 bits per heavy atom. The topological polar surface area (TPSA) is 32.3 Å². The van der Waals surface area contributed by atoms with E-state index in [2.05, 4.69) is 25.4 Å². The minimum absolute atomic E-state index is 0.00770. The van der Waals surface area contributed by atoms with Gasteiger partial charge in [0.15, 0.2) is 0 Å². The minimum atomic E-state index is -0.00770. The van der Waals surface area contributed by atoms with Crippen LogP contribution in [-0.2, 0) is 4.79 Å². The molecule has 1 aliphatic heterocycles. The van der Waals surface area contributed by atoms with E-state index in [1.165, 1.54) is 0 Å². The first-order chi connectivity index (χ1) is 7.07. The third-order valence-electron chi connectivity index (χ3n) is 2.79. The molecule has 1 aliphatic rings. The fourth-order valence-corrected chi connectivity index (χ4v) is 2.40. The summed E-state index contributed by atoms with van der Waals surface area (Å²) in [5, 5.41) is 3.35. The first-order valence-corrected chi connectivity index (χ1v) is 7.02. The van der Waals surface area contributed by atoms with Gasteiger partial charge < -0.3 is 4.90 Å². The molecule has 0 saturated carbocycles. The van der Waals surface area contributed by atoms with Gasteiger partial charge in [0.05, 0.1) is 12.2 Å². The average Bonchev–Trinajstić information content (AvgIpc) is 2.46. The van der Waals surface area contributed by atoms with E-state index >= 15 is 0 Å². The van der Waals surface area contributed by atoms with E-state index in [1.807, 2.05) is 23.6 Å². The second kappa shape index (κ2) is 5.75. The number of nitrogens with zero attached hydrogens (tertiary/aromatic N) is 1. The van der Waals surface area contributed by atoms with Crippen molar-refractivity contribution in [3.8, 4) is 0 Å². The Bertz CT molecular complexity index is 221. The van der Waals surface area contributed by atoms with Crippen LogP contribution in [0.5, 0.6) is 0 Å². The minimum Gasteiger partial charge on any atom is -0.326 e. The normalized spacial score (nSPS) is 26.7. The summed E-state index contributed by atoms with van der Waals surface area (Å²) in [5.41, 5.74) is 0. The van der Waals surface area contributed by atoms with E-state index in [9.17, 15) is 4.79 Å². The SMILES string of the molecule is CSCCCN1C(=O)C(C)NC1C(C)C. The summed E-state index contributed by atoms with van der Waals surface area (Å²) in [7, 11) is 0. The molecule has 0 radical (unpaired) electrons. The quantitative estimate of drug-likeness (QED) is 0.727. The van der Waals surface area contributed by atoms with Crippen LogP contribution in [0.15, 0.2) is 0 Å². The van der Waals surface area contributed by atoms with Crippen molar-refractivity contribution < 1.29 is 4.79 Å². The molecule has 1 fully saturated rings. The molecule has 0 aromatic carbocycles. The molecule has 1 amide bonds. The van der Waals surface area contributed by atoms with Crippen LogP contribution in [0.1, 0.15) is 27.2 Å². The Morgan fingerprint density at radius 3 is 2.73 bits per heavy atom. The molecule has 1 heterocycles. The number of thioether (sulfide) groups is 1. The van der Waals surface area contributed by atoms with E-state index in [0.29, 0.717) is 5.92 Å². The monoisotopic (exact) mass is 230 g/mol. The van der Waals surface area contributed by atoms with Crippen molar-refractivity contribution in [2.45, 2.75) is 39.4 Å². The molecular weight excluding hydrogens is 208 g/mol. The van der Waals surface area contributed by atoms with Gasteiger partial charge in [0.1, 0.15) is 0 Å². The predicted octanol–water partition coefficient (Wildman–Crippen LogP) is 1.54. The Morgan fingerprint density at radius 2 is 2.20 bits per heavy atom. The summed E-state index contributed by atoms with van der Waals surface area (Å²) in [6.45, 7) is 7.15. The maximum Gasteiger partial charge on any atom is 0.240 e. The van der Waals surface area contributed by atoms with Gasteiger partial charge in [-0.2, -0.15) is 11.8 Å². The maximum atomic E-state index is 11.9. The van der Waals surface area contributed by atoms with Gasteiger partial charge in [-0.25, -0.2) is 0 Å². The highest BCUT2D eigenvalue weighted by atomic mass is 32.2.